The molecule has 0 heterocycles. The van der Waals surface area contributed by atoms with Crippen molar-refractivity contribution in [3.8, 4) is 5.75 Å². The maximum atomic E-state index is 11.9. The zero-order chi connectivity index (χ0) is 13.0. The number of phenolic OH excluding ortho intramolecular Hbond substituents is 1. The zero-order valence-electron chi connectivity index (χ0n) is 9.56. The second-order valence-corrected chi connectivity index (χ2v) is 5.11. The van der Waals surface area contributed by atoms with E-state index in [9.17, 15) is 9.90 Å². The molecule has 2 aromatic carbocycles. The number of hydrogen-bond donors (Lipinski definition) is 2. The van der Waals surface area contributed by atoms with Crippen molar-refractivity contribution < 1.29 is 9.90 Å². The number of rotatable bonds is 3. The van der Waals surface area contributed by atoms with Crippen LogP contribution in [0, 0.1) is 3.57 Å². The predicted molar refractivity (Wildman–Crippen MR) is 78.4 cm³/mol. The number of nitrogens with one attached hydrogen (secondary N) is 1. The maximum Gasteiger partial charge on any atom is 0.251 e. The molecule has 4 heteroatoms. The van der Waals surface area contributed by atoms with E-state index in [0.717, 1.165) is 9.13 Å². The molecule has 0 aromatic heterocycles. The van der Waals surface area contributed by atoms with Gasteiger partial charge in [0.25, 0.3) is 5.91 Å². The van der Waals surface area contributed by atoms with E-state index in [4.69, 9.17) is 0 Å². The molecule has 0 atom stereocenters. The fourth-order valence-electron chi connectivity index (χ4n) is 1.58. The standard InChI is InChI=1S/C14H12INO2/c15-12-5-2-4-11(8-12)14(18)16-9-10-3-1-6-13(17)7-10/h1-8,17H,9H2,(H,16,18). The normalized spacial score (nSPS) is 10.1. The summed E-state index contributed by atoms with van der Waals surface area (Å²) in [4.78, 5) is 11.9. The number of carbonyl (C=O) groups excluding carboxylic acids is 1. The fourth-order valence-corrected chi connectivity index (χ4v) is 2.12. The Morgan fingerprint density at radius 2 is 1.94 bits per heavy atom. The molecule has 3 nitrogen and oxygen atoms in total. The van der Waals surface area contributed by atoms with Crippen LogP contribution in [0.25, 0.3) is 0 Å². The van der Waals surface area contributed by atoms with Crippen LogP contribution in [0.5, 0.6) is 5.75 Å². The van der Waals surface area contributed by atoms with E-state index in [2.05, 4.69) is 27.9 Å². The second-order valence-electron chi connectivity index (χ2n) is 3.86. The summed E-state index contributed by atoms with van der Waals surface area (Å²) in [5.74, 6) is 0.0906. The van der Waals surface area contributed by atoms with E-state index in [1.807, 2.05) is 24.3 Å². The summed E-state index contributed by atoms with van der Waals surface area (Å²) < 4.78 is 1.03. The number of halogens is 1. The lowest BCUT2D eigenvalue weighted by Crippen LogP contribution is -2.22. The molecule has 1 amide bonds. The summed E-state index contributed by atoms with van der Waals surface area (Å²) in [6.45, 7) is 0.401. The number of carbonyl (C=O) groups is 1. The fraction of sp³-hybridized carbons (Fsp3) is 0.0714. The molecule has 2 rings (SSSR count). The molecule has 92 valence electrons. The highest BCUT2D eigenvalue weighted by molar-refractivity contribution is 14.1. The Kier molecular flexibility index (Phi) is 4.19. The minimum Gasteiger partial charge on any atom is -0.508 e. The van der Waals surface area contributed by atoms with Crippen LogP contribution >= 0.6 is 22.6 Å². The van der Waals surface area contributed by atoms with Crippen molar-refractivity contribution >= 4 is 28.5 Å². The van der Waals surface area contributed by atoms with Crippen molar-refractivity contribution in [1.82, 2.24) is 5.32 Å². The van der Waals surface area contributed by atoms with E-state index < -0.39 is 0 Å². The van der Waals surface area contributed by atoms with Gasteiger partial charge >= 0.3 is 0 Å². The van der Waals surface area contributed by atoms with Gasteiger partial charge in [-0.1, -0.05) is 18.2 Å². The highest BCUT2D eigenvalue weighted by atomic mass is 127. The molecule has 2 aromatic rings. The minimum absolute atomic E-state index is 0.114. The highest BCUT2D eigenvalue weighted by Crippen LogP contribution is 2.11. The quantitative estimate of drug-likeness (QED) is 0.834. The van der Waals surface area contributed by atoms with E-state index in [1.165, 1.54) is 0 Å². The van der Waals surface area contributed by atoms with Gasteiger partial charge in [0.05, 0.1) is 0 Å². The highest BCUT2D eigenvalue weighted by Gasteiger charge is 2.05. The Morgan fingerprint density at radius 1 is 1.17 bits per heavy atom. The lowest BCUT2D eigenvalue weighted by Gasteiger charge is -2.06. The number of aromatic hydroxyl groups is 1. The molecule has 0 saturated heterocycles. The van der Waals surface area contributed by atoms with Crippen LogP contribution in [0.3, 0.4) is 0 Å². The molecule has 18 heavy (non-hydrogen) atoms. The molecule has 0 fully saturated rings. The van der Waals surface area contributed by atoms with Crippen molar-refractivity contribution in [1.29, 1.82) is 0 Å². The third-order valence-electron chi connectivity index (χ3n) is 2.45. The lowest BCUT2D eigenvalue weighted by atomic mass is 10.2. The van der Waals surface area contributed by atoms with Gasteiger partial charge in [0.15, 0.2) is 0 Å². The minimum atomic E-state index is -0.114. The summed E-state index contributed by atoms with van der Waals surface area (Å²) in [7, 11) is 0. The SMILES string of the molecule is O=C(NCc1cccc(O)c1)c1cccc(I)c1. The van der Waals surface area contributed by atoms with Crippen molar-refractivity contribution in [3.63, 3.8) is 0 Å². The molecule has 0 bridgehead atoms. The Labute approximate surface area is 119 Å². The summed E-state index contributed by atoms with van der Waals surface area (Å²) >= 11 is 2.17. The first-order chi connectivity index (χ1) is 8.65. The number of amides is 1. The molecular weight excluding hydrogens is 341 g/mol. The molecule has 0 aliphatic carbocycles. The van der Waals surface area contributed by atoms with Crippen LogP contribution in [0.15, 0.2) is 48.5 Å². The largest absolute Gasteiger partial charge is 0.508 e. The zero-order valence-corrected chi connectivity index (χ0v) is 11.7. The van der Waals surface area contributed by atoms with Gasteiger partial charge in [-0.3, -0.25) is 4.79 Å². The Morgan fingerprint density at radius 3 is 2.67 bits per heavy atom. The van der Waals surface area contributed by atoms with Gasteiger partial charge in [0.2, 0.25) is 0 Å². The Balaban J connectivity index is 2.00. The molecule has 0 radical (unpaired) electrons. The first-order valence-corrected chi connectivity index (χ1v) is 6.55. The van der Waals surface area contributed by atoms with Gasteiger partial charge in [-0.25, -0.2) is 0 Å². The van der Waals surface area contributed by atoms with Crippen LogP contribution in [0.1, 0.15) is 15.9 Å². The third-order valence-corrected chi connectivity index (χ3v) is 3.12. The summed E-state index contributed by atoms with van der Waals surface area (Å²) in [6, 6.07) is 14.2. The van der Waals surface area contributed by atoms with Crippen LogP contribution in [-0.4, -0.2) is 11.0 Å². The number of benzene rings is 2. The van der Waals surface area contributed by atoms with Crippen LogP contribution in [0.4, 0.5) is 0 Å². The molecule has 0 unspecified atom stereocenters. The summed E-state index contributed by atoms with van der Waals surface area (Å²) in [5.41, 5.74) is 1.51. The van der Waals surface area contributed by atoms with Crippen molar-refractivity contribution in [2.45, 2.75) is 6.54 Å². The van der Waals surface area contributed by atoms with E-state index in [1.54, 1.807) is 24.3 Å². The van der Waals surface area contributed by atoms with Gasteiger partial charge in [0, 0.05) is 15.7 Å². The van der Waals surface area contributed by atoms with Gasteiger partial charge in [-0.2, -0.15) is 0 Å². The number of phenols is 1. The molecule has 0 spiro atoms. The lowest BCUT2D eigenvalue weighted by molar-refractivity contribution is 0.0951. The van der Waals surface area contributed by atoms with E-state index in [0.29, 0.717) is 12.1 Å². The number of hydrogen-bond acceptors (Lipinski definition) is 2. The smallest absolute Gasteiger partial charge is 0.251 e. The van der Waals surface area contributed by atoms with Crippen LogP contribution < -0.4 is 5.32 Å². The first-order valence-electron chi connectivity index (χ1n) is 5.47. The summed E-state index contributed by atoms with van der Waals surface area (Å²) in [5, 5.41) is 12.1. The van der Waals surface area contributed by atoms with Gasteiger partial charge in [-0.05, 0) is 58.5 Å². The van der Waals surface area contributed by atoms with Gasteiger partial charge in [0.1, 0.15) is 5.75 Å². The predicted octanol–water partition coefficient (Wildman–Crippen LogP) is 2.93. The Bertz CT molecular complexity index is 569. The molecule has 2 N–H and O–H groups in total. The molecule has 0 aliphatic heterocycles. The van der Waals surface area contributed by atoms with Crippen molar-refractivity contribution in [3.05, 3.63) is 63.2 Å². The van der Waals surface area contributed by atoms with Crippen molar-refractivity contribution in [2.75, 3.05) is 0 Å². The van der Waals surface area contributed by atoms with E-state index >= 15 is 0 Å². The third kappa shape index (κ3) is 3.46. The monoisotopic (exact) mass is 353 g/mol. The molecular formula is C14H12INO2. The van der Waals surface area contributed by atoms with Crippen LogP contribution in [0.2, 0.25) is 0 Å². The average molecular weight is 353 g/mol. The first kappa shape index (κ1) is 12.9. The Hall–Kier alpha value is -1.56. The average Bonchev–Trinajstić information content (AvgIpc) is 2.36. The topological polar surface area (TPSA) is 49.3 Å². The second kappa shape index (κ2) is 5.86. The van der Waals surface area contributed by atoms with Crippen molar-refractivity contribution in [2.24, 2.45) is 0 Å². The maximum absolute atomic E-state index is 11.9. The molecule has 0 saturated carbocycles. The van der Waals surface area contributed by atoms with Gasteiger partial charge < -0.3 is 10.4 Å². The van der Waals surface area contributed by atoms with E-state index in [-0.39, 0.29) is 11.7 Å². The van der Waals surface area contributed by atoms with Crippen LogP contribution in [-0.2, 0) is 6.54 Å². The molecule has 0 aliphatic rings. The van der Waals surface area contributed by atoms with Gasteiger partial charge in [-0.15, -0.1) is 0 Å². The summed E-state index contributed by atoms with van der Waals surface area (Å²) in [6.07, 6.45) is 0.